The largest absolute Gasteiger partial charge is 0.322 e. The van der Waals surface area contributed by atoms with Gasteiger partial charge in [-0.25, -0.2) is 4.79 Å². The fourth-order valence-corrected chi connectivity index (χ4v) is 2.54. The topological polar surface area (TPSA) is 35.6 Å². The molecule has 23 heavy (non-hydrogen) atoms. The van der Waals surface area contributed by atoms with Gasteiger partial charge in [-0.2, -0.15) is 0 Å². The van der Waals surface area contributed by atoms with Gasteiger partial charge in [-0.05, 0) is 37.9 Å². The zero-order chi connectivity index (χ0) is 16.7. The highest BCUT2D eigenvalue weighted by molar-refractivity contribution is 9.10. The van der Waals surface area contributed by atoms with E-state index in [0.29, 0.717) is 13.1 Å². The Morgan fingerprint density at radius 3 is 2.43 bits per heavy atom. The monoisotopic (exact) mass is 375 g/mol. The van der Waals surface area contributed by atoms with Gasteiger partial charge in [0.1, 0.15) is 0 Å². The summed E-state index contributed by atoms with van der Waals surface area (Å²) in [5.41, 5.74) is 1.91. The zero-order valence-corrected chi connectivity index (χ0v) is 15.1. The van der Waals surface area contributed by atoms with Crippen molar-refractivity contribution in [1.29, 1.82) is 0 Å². The Morgan fingerprint density at radius 1 is 1.04 bits per heavy atom. The molecule has 0 fully saturated rings. The molecule has 1 N–H and O–H groups in total. The summed E-state index contributed by atoms with van der Waals surface area (Å²) in [7, 11) is 4.01. The minimum atomic E-state index is -0.0891. The Bertz CT molecular complexity index is 631. The summed E-state index contributed by atoms with van der Waals surface area (Å²) < 4.78 is 0.943. The van der Waals surface area contributed by atoms with Crippen molar-refractivity contribution in [3.05, 3.63) is 64.6 Å². The molecule has 0 aromatic heterocycles. The maximum Gasteiger partial charge on any atom is 0.322 e. The van der Waals surface area contributed by atoms with Crippen LogP contribution in [0, 0.1) is 0 Å². The average molecular weight is 376 g/mol. The van der Waals surface area contributed by atoms with Gasteiger partial charge in [-0.15, -0.1) is 0 Å². The molecule has 0 aliphatic rings. The van der Waals surface area contributed by atoms with Gasteiger partial charge in [-0.1, -0.05) is 52.3 Å². The normalized spacial score (nSPS) is 10.6. The first-order chi connectivity index (χ1) is 11.0. The molecule has 0 bridgehead atoms. The molecule has 2 rings (SSSR count). The van der Waals surface area contributed by atoms with Crippen LogP contribution in [-0.4, -0.2) is 43.0 Å². The number of rotatable bonds is 6. The summed E-state index contributed by atoms with van der Waals surface area (Å²) in [6, 6.07) is 17.6. The Hall–Kier alpha value is -1.85. The van der Waals surface area contributed by atoms with Crippen molar-refractivity contribution in [3.8, 4) is 0 Å². The predicted molar refractivity (Wildman–Crippen MR) is 98.6 cm³/mol. The first-order valence-corrected chi connectivity index (χ1v) is 8.34. The van der Waals surface area contributed by atoms with Gasteiger partial charge >= 0.3 is 6.03 Å². The maximum atomic E-state index is 12.6. The van der Waals surface area contributed by atoms with Crippen LogP contribution in [0.3, 0.4) is 0 Å². The number of carbonyl (C=O) groups is 1. The number of benzene rings is 2. The molecule has 2 aromatic rings. The van der Waals surface area contributed by atoms with Crippen LogP contribution in [0.1, 0.15) is 5.56 Å². The number of nitrogens with zero attached hydrogens (tertiary/aromatic N) is 2. The van der Waals surface area contributed by atoms with Gasteiger partial charge in [0, 0.05) is 29.8 Å². The fraction of sp³-hybridized carbons (Fsp3) is 0.278. The molecule has 2 amide bonds. The lowest BCUT2D eigenvalue weighted by atomic mass is 10.2. The molecular weight excluding hydrogens is 354 g/mol. The van der Waals surface area contributed by atoms with Crippen LogP contribution in [-0.2, 0) is 6.54 Å². The number of anilines is 1. The van der Waals surface area contributed by atoms with Crippen LogP contribution >= 0.6 is 15.9 Å². The molecule has 0 unspecified atom stereocenters. The number of carbonyl (C=O) groups excluding carboxylic acids is 1. The summed E-state index contributed by atoms with van der Waals surface area (Å²) in [5, 5.41) is 2.97. The lowest BCUT2D eigenvalue weighted by molar-refractivity contribution is 0.202. The van der Waals surface area contributed by atoms with E-state index in [4.69, 9.17) is 0 Å². The molecule has 2 aromatic carbocycles. The van der Waals surface area contributed by atoms with Gasteiger partial charge in [-0.3, -0.25) is 0 Å². The van der Waals surface area contributed by atoms with Gasteiger partial charge in [0.2, 0.25) is 0 Å². The van der Waals surface area contributed by atoms with Crippen LogP contribution in [0.25, 0.3) is 0 Å². The highest BCUT2D eigenvalue weighted by Gasteiger charge is 2.14. The van der Waals surface area contributed by atoms with E-state index in [-0.39, 0.29) is 6.03 Å². The lowest BCUT2D eigenvalue weighted by Crippen LogP contribution is -2.39. The highest BCUT2D eigenvalue weighted by atomic mass is 79.9. The summed E-state index contributed by atoms with van der Waals surface area (Å²) >= 11 is 3.42. The molecule has 0 heterocycles. The van der Waals surface area contributed by atoms with E-state index in [9.17, 15) is 4.79 Å². The molecule has 122 valence electrons. The van der Waals surface area contributed by atoms with Crippen molar-refractivity contribution < 1.29 is 4.79 Å². The molecular formula is C18H22BrN3O. The molecule has 0 radical (unpaired) electrons. The third kappa shape index (κ3) is 6.04. The van der Waals surface area contributed by atoms with E-state index in [2.05, 4.69) is 26.1 Å². The van der Waals surface area contributed by atoms with E-state index in [1.54, 1.807) is 0 Å². The molecule has 0 saturated carbocycles. The Morgan fingerprint density at radius 2 is 1.78 bits per heavy atom. The lowest BCUT2D eigenvalue weighted by Gasteiger charge is -2.25. The summed E-state index contributed by atoms with van der Waals surface area (Å²) in [4.78, 5) is 16.5. The Labute approximate surface area is 146 Å². The minimum Gasteiger partial charge on any atom is -0.319 e. The van der Waals surface area contributed by atoms with Gasteiger partial charge < -0.3 is 15.1 Å². The van der Waals surface area contributed by atoms with E-state index in [1.165, 1.54) is 0 Å². The number of hydrogen-bond donors (Lipinski definition) is 1. The van der Waals surface area contributed by atoms with Crippen molar-refractivity contribution in [3.63, 3.8) is 0 Å². The molecule has 0 atom stereocenters. The van der Waals surface area contributed by atoms with Crippen LogP contribution in [0.15, 0.2) is 59.1 Å². The molecule has 4 nitrogen and oxygen atoms in total. The maximum absolute atomic E-state index is 12.6. The van der Waals surface area contributed by atoms with Crippen molar-refractivity contribution in [2.45, 2.75) is 6.54 Å². The number of amides is 2. The SMILES string of the molecule is CN(C)CCN(Cc1ccccc1)C(=O)Nc1cccc(Br)c1. The number of urea groups is 1. The molecule has 5 heteroatoms. The second-order valence-electron chi connectivity index (χ2n) is 5.65. The number of hydrogen-bond acceptors (Lipinski definition) is 2. The first-order valence-electron chi connectivity index (χ1n) is 7.55. The van der Waals surface area contributed by atoms with Crippen LogP contribution < -0.4 is 5.32 Å². The molecule has 0 aliphatic heterocycles. The van der Waals surface area contributed by atoms with Crippen molar-refractivity contribution in [1.82, 2.24) is 9.80 Å². The summed E-state index contributed by atoms with van der Waals surface area (Å²) in [6.45, 7) is 2.08. The standard InChI is InChI=1S/C18H22BrN3O/c1-21(2)11-12-22(14-15-7-4-3-5-8-15)18(23)20-17-10-6-9-16(19)13-17/h3-10,13H,11-12,14H2,1-2H3,(H,20,23). The fourth-order valence-electron chi connectivity index (χ4n) is 2.15. The average Bonchev–Trinajstić information content (AvgIpc) is 2.52. The predicted octanol–water partition coefficient (Wildman–Crippen LogP) is 4.04. The van der Waals surface area contributed by atoms with Gasteiger partial charge in [0.15, 0.2) is 0 Å². The zero-order valence-electron chi connectivity index (χ0n) is 13.5. The Kier molecular flexibility index (Phi) is 6.62. The number of likely N-dealkylation sites (N-methyl/N-ethyl adjacent to an activating group) is 1. The van der Waals surface area contributed by atoms with Gasteiger partial charge in [0.05, 0.1) is 0 Å². The number of halogens is 1. The van der Waals surface area contributed by atoms with Crippen LogP contribution in [0.4, 0.5) is 10.5 Å². The van der Waals surface area contributed by atoms with Gasteiger partial charge in [0.25, 0.3) is 0 Å². The smallest absolute Gasteiger partial charge is 0.319 e. The second kappa shape index (κ2) is 8.70. The van der Waals surface area contributed by atoms with E-state index in [1.807, 2.05) is 73.6 Å². The van der Waals surface area contributed by atoms with Crippen molar-refractivity contribution in [2.24, 2.45) is 0 Å². The van der Waals surface area contributed by atoms with Crippen molar-refractivity contribution in [2.75, 3.05) is 32.5 Å². The van der Waals surface area contributed by atoms with E-state index in [0.717, 1.165) is 22.3 Å². The Balaban J connectivity index is 2.07. The number of nitrogens with one attached hydrogen (secondary N) is 1. The molecule has 0 aliphatic carbocycles. The first kappa shape index (κ1) is 17.5. The summed E-state index contributed by atoms with van der Waals surface area (Å²) in [6.07, 6.45) is 0. The van der Waals surface area contributed by atoms with Crippen LogP contribution in [0.2, 0.25) is 0 Å². The molecule has 0 spiro atoms. The third-order valence-corrected chi connectivity index (χ3v) is 3.89. The third-order valence-electron chi connectivity index (χ3n) is 3.40. The van der Waals surface area contributed by atoms with Crippen LogP contribution in [0.5, 0.6) is 0 Å². The molecule has 0 saturated heterocycles. The van der Waals surface area contributed by atoms with Crippen molar-refractivity contribution >= 4 is 27.6 Å². The second-order valence-corrected chi connectivity index (χ2v) is 6.57. The minimum absolute atomic E-state index is 0.0891. The highest BCUT2D eigenvalue weighted by Crippen LogP contribution is 2.16. The summed E-state index contributed by atoms with van der Waals surface area (Å²) in [5.74, 6) is 0. The van der Waals surface area contributed by atoms with E-state index < -0.39 is 0 Å². The van der Waals surface area contributed by atoms with E-state index >= 15 is 0 Å². The quantitative estimate of drug-likeness (QED) is 0.826.